The number of urea groups is 1. The van der Waals surface area contributed by atoms with Gasteiger partial charge < -0.3 is 10.6 Å². The minimum absolute atomic E-state index is 0.166. The predicted octanol–water partition coefficient (Wildman–Crippen LogP) is -0.410. The third kappa shape index (κ3) is 2.62. The van der Waals surface area contributed by atoms with Gasteiger partial charge in [-0.05, 0) is 30.7 Å². The van der Waals surface area contributed by atoms with Gasteiger partial charge in [-0.3, -0.25) is 9.59 Å². The Morgan fingerprint density at radius 2 is 1.92 bits per heavy atom. The summed E-state index contributed by atoms with van der Waals surface area (Å²) in [5, 5.41) is 0.568. The van der Waals surface area contributed by atoms with Gasteiger partial charge in [0.25, 0.3) is 5.91 Å². The van der Waals surface area contributed by atoms with Crippen LogP contribution in [0.25, 0.3) is 0 Å². The first-order chi connectivity index (χ1) is 11.3. The van der Waals surface area contributed by atoms with Crippen LogP contribution in [0.4, 0.5) is 4.79 Å². The summed E-state index contributed by atoms with van der Waals surface area (Å²) in [6, 6.07) is -0.400. The highest BCUT2D eigenvalue weighted by atomic mass is 32.2. The lowest BCUT2D eigenvalue weighted by atomic mass is 9.96. The van der Waals surface area contributed by atoms with Crippen molar-refractivity contribution in [1.82, 2.24) is 9.80 Å². The summed E-state index contributed by atoms with van der Waals surface area (Å²) in [5.41, 5.74) is 5.31. The Bertz CT molecular complexity index is 706. The molecule has 3 rings (SSSR count). The molecule has 128 valence electrons. The number of thioether (sulfide) groups is 1. The van der Waals surface area contributed by atoms with Crippen molar-refractivity contribution in [2.45, 2.75) is 12.8 Å². The van der Waals surface area contributed by atoms with Crippen molar-refractivity contribution in [3.05, 3.63) is 11.0 Å². The number of fused-ring (bicyclic) bond motifs is 1. The summed E-state index contributed by atoms with van der Waals surface area (Å²) in [6.45, 7) is 0.930. The standard InChI is InChI=1S/C15H18N4O4S/c1-17-12(21)9-7-10(24-14(9)18(2)15(17)23)13(22)19-5-3-8(4-6-19)11(16)20/h7-9H,3-6H2,1-2H3,(H-,16,20)/p+1. The molecule has 8 nitrogen and oxygen atoms in total. The van der Waals surface area contributed by atoms with E-state index < -0.39 is 11.9 Å². The van der Waals surface area contributed by atoms with Crippen molar-refractivity contribution in [1.29, 1.82) is 0 Å². The lowest BCUT2D eigenvalue weighted by molar-refractivity contribution is -0.403. The Kier molecular flexibility index (Phi) is 4.20. The molecule has 1 atom stereocenters. The van der Waals surface area contributed by atoms with E-state index in [4.69, 9.17) is 5.73 Å². The summed E-state index contributed by atoms with van der Waals surface area (Å²) in [6.07, 6.45) is 2.74. The molecule has 1 saturated heterocycles. The molecule has 0 saturated carbocycles. The van der Waals surface area contributed by atoms with E-state index in [2.05, 4.69) is 0 Å². The molecule has 1 fully saturated rings. The topological polar surface area (TPSA) is 104 Å². The molecule has 1 unspecified atom stereocenters. The molecule has 24 heavy (non-hydrogen) atoms. The largest absolute Gasteiger partial charge is 0.500 e. The smallest absolute Gasteiger partial charge is 0.369 e. The summed E-state index contributed by atoms with van der Waals surface area (Å²) >= 11 is 1.17. The van der Waals surface area contributed by atoms with Crippen molar-refractivity contribution < 1.29 is 23.8 Å². The Hall–Kier alpha value is -2.16. The van der Waals surface area contributed by atoms with E-state index in [-0.39, 0.29) is 23.6 Å². The molecule has 0 aromatic carbocycles. The first kappa shape index (κ1) is 16.7. The van der Waals surface area contributed by atoms with Gasteiger partial charge in [-0.15, -0.1) is 0 Å². The second kappa shape index (κ2) is 6.04. The maximum Gasteiger partial charge on any atom is 0.500 e. The third-order valence-electron chi connectivity index (χ3n) is 4.70. The monoisotopic (exact) mass is 351 g/mol. The number of primary amides is 1. The highest BCUT2D eigenvalue weighted by molar-refractivity contribution is 8.18. The number of carbonyl (C=O) groups is 4. The molecule has 3 aliphatic rings. The molecule has 9 heteroatoms. The van der Waals surface area contributed by atoms with Crippen LogP contribution in [0.1, 0.15) is 12.8 Å². The first-order valence-electron chi connectivity index (χ1n) is 7.71. The number of rotatable bonds is 2. The van der Waals surface area contributed by atoms with Crippen LogP contribution >= 0.6 is 11.8 Å². The Balaban J connectivity index is 1.76. The fourth-order valence-electron chi connectivity index (χ4n) is 3.15. The van der Waals surface area contributed by atoms with Crippen molar-refractivity contribution in [3.63, 3.8) is 0 Å². The van der Waals surface area contributed by atoms with E-state index in [1.54, 1.807) is 18.0 Å². The second-order valence-electron chi connectivity index (χ2n) is 6.16. The van der Waals surface area contributed by atoms with Crippen LogP contribution in [0.15, 0.2) is 11.0 Å². The minimum Gasteiger partial charge on any atom is -0.369 e. The Morgan fingerprint density at radius 1 is 1.29 bits per heavy atom. The first-order valence-corrected chi connectivity index (χ1v) is 8.53. The number of amides is 5. The number of piperidine rings is 1. The molecule has 3 aliphatic heterocycles. The number of nitrogens with two attached hydrogens (primary N) is 1. The molecular formula is C15H19N4O4S+. The van der Waals surface area contributed by atoms with Crippen molar-refractivity contribution in [3.8, 4) is 0 Å². The van der Waals surface area contributed by atoms with Crippen LogP contribution < -0.4 is 5.73 Å². The second-order valence-corrected chi connectivity index (χ2v) is 7.22. The fourth-order valence-corrected chi connectivity index (χ4v) is 4.30. The average molecular weight is 351 g/mol. The van der Waals surface area contributed by atoms with Crippen LogP contribution in [-0.4, -0.2) is 70.4 Å². The molecule has 0 aromatic rings. The summed E-state index contributed by atoms with van der Waals surface area (Å²) < 4.78 is 1.41. The molecule has 0 aromatic heterocycles. The van der Waals surface area contributed by atoms with E-state index >= 15 is 0 Å². The molecular weight excluding hydrogens is 332 g/mol. The van der Waals surface area contributed by atoms with Crippen LogP contribution in [0.3, 0.4) is 0 Å². The number of imide groups is 1. The van der Waals surface area contributed by atoms with Crippen molar-refractivity contribution in [2.75, 3.05) is 27.2 Å². The molecule has 0 bridgehead atoms. The van der Waals surface area contributed by atoms with Crippen LogP contribution in [-0.2, 0) is 14.4 Å². The molecule has 3 heterocycles. The third-order valence-corrected chi connectivity index (χ3v) is 5.96. The predicted molar refractivity (Wildman–Crippen MR) is 87.0 cm³/mol. The van der Waals surface area contributed by atoms with Gasteiger partial charge in [0.1, 0.15) is 5.92 Å². The highest BCUT2D eigenvalue weighted by Crippen LogP contribution is 2.36. The van der Waals surface area contributed by atoms with Crippen molar-refractivity contribution in [2.24, 2.45) is 17.6 Å². The van der Waals surface area contributed by atoms with Gasteiger partial charge in [0, 0.05) is 19.0 Å². The lowest BCUT2D eigenvalue weighted by Crippen LogP contribution is -2.49. The molecule has 2 N–H and O–H groups in total. The zero-order valence-electron chi connectivity index (χ0n) is 13.5. The number of hydrogen-bond acceptors (Lipinski definition) is 5. The van der Waals surface area contributed by atoms with Crippen LogP contribution in [0.5, 0.6) is 0 Å². The van der Waals surface area contributed by atoms with Crippen LogP contribution in [0, 0.1) is 11.8 Å². The van der Waals surface area contributed by atoms with Crippen LogP contribution in [0.2, 0.25) is 0 Å². The zero-order chi connectivity index (χ0) is 17.6. The van der Waals surface area contributed by atoms with E-state index in [1.165, 1.54) is 23.4 Å². The number of hydrogen-bond donors (Lipinski definition) is 1. The number of nitrogens with zero attached hydrogens (tertiary/aromatic N) is 3. The molecule has 5 amide bonds. The van der Waals surface area contributed by atoms with E-state index in [0.29, 0.717) is 35.9 Å². The SMILES string of the molecule is CN1C(=O)C2C=C(C(=O)N3CCC(C(N)=O)CC3)SC2=[N+](C)C1=O. The lowest BCUT2D eigenvalue weighted by Gasteiger charge is -2.30. The van der Waals surface area contributed by atoms with E-state index in [1.807, 2.05) is 0 Å². The van der Waals surface area contributed by atoms with Gasteiger partial charge in [-0.1, -0.05) is 0 Å². The van der Waals surface area contributed by atoms with Gasteiger partial charge in [0.2, 0.25) is 5.91 Å². The highest BCUT2D eigenvalue weighted by Gasteiger charge is 2.48. The minimum atomic E-state index is -0.579. The average Bonchev–Trinajstić information content (AvgIpc) is 3.03. The Labute approximate surface area is 143 Å². The Morgan fingerprint density at radius 3 is 2.50 bits per heavy atom. The summed E-state index contributed by atoms with van der Waals surface area (Å²) in [7, 11) is 3.03. The number of likely N-dealkylation sites (tertiary alicyclic amines) is 1. The van der Waals surface area contributed by atoms with Gasteiger partial charge in [-0.25, -0.2) is 4.79 Å². The normalized spacial score (nSPS) is 25.1. The number of carbonyl (C=O) groups excluding carboxylic acids is 4. The summed E-state index contributed by atoms with van der Waals surface area (Å²) in [5.74, 6) is -1.58. The van der Waals surface area contributed by atoms with E-state index in [9.17, 15) is 19.2 Å². The van der Waals surface area contributed by atoms with Gasteiger partial charge in [0.15, 0.2) is 5.04 Å². The van der Waals surface area contributed by atoms with Gasteiger partial charge in [-0.2, -0.15) is 14.3 Å². The quantitative estimate of drug-likeness (QED) is 0.681. The molecule has 0 spiro atoms. The maximum absolute atomic E-state index is 12.7. The fraction of sp³-hybridized carbons (Fsp3) is 0.533. The van der Waals surface area contributed by atoms with Crippen molar-refractivity contribution >= 4 is 40.6 Å². The van der Waals surface area contributed by atoms with E-state index in [0.717, 1.165) is 4.90 Å². The zero-order valence-corrected chi connectivity index (χ0v) is 14.3. The molecule has 0 aliphatic carbocycles. The molecule has 0 radical (unpaired) electrons. The summed E-state index contributed by atoms with van der Waals surface area (Å²) in [4.78, 5) is 51.3. The van der Waals surface area contributed by atoms with Gasteiger partial charge in [0.05, 0.1) is 19.0 Å². The van der Waals surface area contributed by atoms with Gasteiger partial charge >= 0.3 is 11.9 Å². The maximum atomic E-state index is 12.7.